The van der Waals surface area contributed by atoms with Crippen LogP contribution in [0.2, 0.25) is 0 Å². The van der Waals surface area contributed by atoms with Crippen LogP contribution in [0, 0.1) is 19.7 Å². The summed E-state index contributed by atoms with van der Waals surface area (Å²) in [5.74, 6) is -0.990. The van der Waals surface area contributed by atoms with E-state index in [4.69, 9.17) is 4.74 Å². The molecule has 1 aliphatic rings. The number of carbonyl (C=O) groups is 2. The topological polar surface area (TPSA) is 49.9 Å². The van der Waals surface area contributed by atoms with Crippen molar-refractivity contribution in [2.45, 2.75) is 13.8 Å². The maximum atomic E-state index is 13.9. The van der Waals surface area contributed by atoms with Crippen molar-refractivity contribution >= 4 is 17.6 Å². The van der Waals surface area contributed by atoms with Gasteiger partial charge in [-0.2, -0.15) is 0 Å². The highest BCUT2D eigenvalue weighted by atomic mass is 19.1. The number of hydrogen-bond acceptors (Lipinski definition) is 4. The minimum atomic E-state index is -0.491. The van der Waals surface area contributed by atoms with Crippen molar-refractivity contribution in [3.63, 3.8) is 0 Å². The number of esters is 1. The first-order valence-electron chi connectivity index (χ1n) is 8.97. The number of carbonyl (C=O) groups excluding carboxylic acids is 2. The van der Waals surface area contributed by atoms with E-state index < -0.39 is 5.97 Å². The predicted octanol–water partition coefficient (Wildman–Crippen LogP) is 2.95. The van der Waals surface area contributed by atoms with Gasteiger partial charge in [0.15, 0.2) is 6.61 Å². The number of benzene rings is 2. The molecule has 6 heteroatoms. The number of anilines is 1. The van der Waals surface area contributed by atoms with E-state index in [-0.39, 0.29) is 18.3 Å². The summed E-state index contributed by atoms with van der Waals surface area (Å²) in [6, 6.07) is 12.2. The van der Waals surface area contributed by atoms with Gasteiger partial charge in [-0.05, 0) is 37.6 Å². The number of piperazine rings is 1. The average Bonchev–Trinajstić information content (AvgIpc) is 2.68. The number of ether oxygens (including phenoxy) is 1. The predicted molar refractivity (Wildman–Crippen MR) is 101 cm³/mol. The van der Waals surface area contributed by atoms with Crippen molar-refractivity contribution < 1.29 is 18.7 Å². The van der Waals surface area contributed by atoms with Crippen LogP contribution in [0.1, 0.15) is 21.5 Å². The molecule has 1 amide bonds. The number of amides is 1. The minimum absolute atomic E-state index is 0.234. The lowest BCUT2D eigenvalue weighted by molar-refractivity contribution is -0.134. The molecule has 0 unspecified atom stereocenters. The quantitative estimate of drug-likeness (QED) is 0.777. The molecule has 142 valence electrons. The van der Waals surface area contributed by atoms with Crippen molar-refractivity contribution in [2.24, 2.45) is 0 Å². The molecule has 2 aromatic carbocycles. The SMILES string of the molecule is Cc1ccc(C)c(C(=O)OCC(=O)N2CCN(c3ccccc3F)CC2)c1. The largest absolute Gasteiger partial charge is 0.452 e. The van der Waals surface area contributed by atoms with Crippen LogP contribution in [0.15, 0.2) is 42.5 Å². The normalized spacial score (nSPS) is 14.2. The zero-order chi connectivity index (χ0) is 19.4. The molecule has 1 saturated heterocycles. The highest BCUT2D eigenvalue weighted by Crippen LogP contribution is 2.20. The molecule has 3 rings (SSSR count). The van der Waals surface area contributed by atoms with E-state index in [1.807, 2.05) is 30.9 Å². The second-order valence-electron chi connectivity index (χ2n) is 6.71. The van der Waals surface area contributed by atoms with Gasteiger partial charge >= 0.3 is 5.97 Å². The number of hydrogen-bond donors (Lipinski definition) is 0. The van der Waals surface area contributed by atoms with Gasteiger partial charge in [-0.25, -0.2) is 9.18 Å². The first-order valence-corrected chi connectivity index (χ1v) is 8.97. The molecule has 0 aromatic heterocycles. The Bertz CT molecular complexity index is 845. The first-order chi connectivity index (χ1) is 13.0. The Balaban J connectivity index is 1.52. The van der Waals surface area contributed by atoms with Gasteiger partial charge < -0.3 is 14.5 Å². The standard InChI is InChI=1S/C21H23FN2O3/c1-15-7-8-16(2)17(13-15)21(26)27-14-20(25)24-11-9-23(10-12-24)19-6-4-3-5-18(19)22/h3-8,13H,9-12,14H2,1-2H3. The maximum absolute atomic E-state index is 13.9. The zero-order valence-corrected chi connectivity index (χ0v) is 15.6. The fourth-order valence-electron chi connectivity index (χ4n) is 3.16. The fraction of sp³-hybridized carbons (Fsp3) is 0.333. The van der Waals surface area contributed by atoms with E-state index in [1.54, 1.807) is 29.2 Å². The van der Waals surface area contributed by atoms with Crippen LogP contribution in [0.3, 0.4) is 0 Å². The molecule has 27 heavy (non-hydrogen) atoms. The Morgan fingerprint density at radius 2 is 1.74 bits per heavy atom. The van der Waals surface area contributed by atoms with Crippen LogP contribution in [0.25, 0.3) is 0 Å². The lowest BCUT2D eigenvalue weighted by Crippen LogP contribution is -2.50. The summed E-state index contributed by atoms with van der Waals surface area (Å²) in [6.07, 6.45) is 0. The summed E-state index contributed by atoms with van der Waals surface area (Å²) in [4.78, 5) is 28.2. The van der Waals surface area contributed by atoms with Gasteiger partial charge in [0.2, 0.25) is 0 Å². The van der Waals surface area contributed by atoms with Gasteiger partial charge in [0, 0.05) is 26.2 Å². The minimum Gasteiger partial charge on any atom is -0.452 e. The van der Waals surface area contributed by atoms with Crippen LogP contribution in [0.4, 0.5) is 10.1 Å². The molecule has 0 N–H and O–H groups in total. The van der Waals surface area contributed by atoms with Crippen molar-refractivity contribution in [2.75, 3.05) is 37.7 Å². The van der Waals surface area contributed by atoms with Crippen LogP contribution >= 0.6 is 0 Å². The Morgan fingerprint density at radius 1 is 1.04 bits per heavy atom. The molecular formula is C21H23FN2O3. The Hall–Kier alpha value is -2.89. The van der Waals surface area contributed by atoms with E-state index in [0.717, 1.165) is 11.1 Å². The highest BCUT2D eigenvalue weighted by molar-refractivity contribution is 5.92. The first kappa shape index (κ1) is 18.9. The third-order valence-corrected chi connectivity index (χ3v) is 4.77. The van der Waals surface area contributed by atoms with E-state index in [1.165, 1.54) is 6.07 Å². The summed E-state index contributed by atoms with van der Waals surface area (Å²) >= 11 is 0. The van der Waals surface area contributed by atoms with Gasteiger partial charge in [0.05, 0.1) is 11.3 Å². The molecule has 1 aliphatic heterocycles. The maximum Gasteiger partial charge on any atom is 0.338 e. The number of halogens is 1. The molecule has 0 aliphatic carbocycles. The summed E-state index contributed by atoms with van der Waals surface area (Å²) in [5.41, 5.74) is 2.80. The molecule has 1 heterocycles. The van der Waals surface area contributed by atoms with Gasteiger partial charge in [-0.1, -0.05) is 29.8 Å². The van der Waals surface area contributed by atoms with Crippen LogP contribution in [0.5, 0.6) is 0 Å². The molecule has 2 aromatic rings. The molecule has 0 atom stereocenters. The van der Waals surface area contributed by atoms with Gasteiger partial charge in [-0.15, -0.1) is 0 Å². The number of aryl methyl sites for hydroxylation is 2. The smallest absolute Gasteiger partial charge is 0.338 e. The second kappa shape index (κ2) is 8.20. The number of para-hydroxylation sites is 1. The van der Waals surface area contributed by atoms with Crippen LogP contribution in [-0.2, 0) is 9.53 Å². The lowest BCUT2D eigenvalue weighted by Gasteiger charge is -2.36. The molecule has 0 spiro atoms. The lowest BCUT2D eigenvalue weighted by atomic mass is 10.1. The van der Waals surface area contributed by atoms with E-state index in [0.29, 0.717) is 37.4 Å². The van der Waals surface area contributed by atoms with E-state index >= 15 is 0 Å². The average molecular weight is 370 g/mol. The Labute approximate surface area is 158 Å². The Morgan fingerprint density at radius 3 is 2.44 bits per heavy atom. The van der Waals surface area contributed by atoms with Crippen molar-refractivity contribution in [1.82, 2.24) is 4.90 Å². The summed E-state index contributed by atoms with van der Waals surface area (Å²) in [6.45, 7) is 5.46. The Kier molecular flexibility index (Phi) is 5.74. The summed E-state index contributed by atoms with van der Waals surface area (Å²) in [5, 5.41) is 0. The highest BCUT2D eigenvalue weighted by Gasteiger charge is 2.23. The molecular weight excluding hydrogens is 347 g/mol. The van der Waals surface area contributed by atoms with Crippen molar-refractivity contribution in [1.29, 1.82) is 0 Å². The van der Waals surface area contributed by atoms with Crippen LogP contribution in [-0.4, -0.2) is 49.6 Å². The van der Waals surface area contributed by atoms with Crippen molar-refractivity contribution in [3.8, 4) is 0 Å². The van der Waals surface area contributed by atoms with Gasteiger partial charge in [-0.3, -0.25) is 4.79 Å². The monoisotopic (exact) mass is 370 g/mol. The molecule has 0 saturated carbocycles. The summed E-state index contributed by atoms with van der Waals surface area (Å²) < 4.78 is 19.1. The number of nitrogens with zero attached hydrogens (tertiary/aromatic N) is 2. The molecule has 5 nitrogen and oxygen atoms in total. The van der Waals surface area contributed by atoms with Gasteiger partial charge in [0.1, 0.15) is 5.82 Å². The fourth-order valence-corrected chi connectivity index (χ4v) is 3.16. The third kappa shape index (κ3) is 4.45. The molecule has 1 fully saturated rings. The third-order valence-electron chi connectivity index (χ3n) is 4.77. The van der Waals surface area contributed by atoms with Crippen LogP contribution < -0.4 is 4.90 Å². The second-order valence-corrected chi connectivity index (χ2v) is 6.71. The van der Waals surface area contributed by atoms with E-state index in [9.17, 15) is 14.0 Å². The molecule has 0 bridgehead atoms. The molecule has 0 radical (unpaired) electrons. The van der Waals surface area contributed by atoms with Crippen molar-refractivity contribution in [3.05, 3.63) is 65.0 Å². The number of rotatable bonds is 4. The van der Waals surface area contributed by atoms with Gasteiger partial charge in [0.25, 0.3) is 5.91 Å². The zero-order valence-electron chi connectivity index (χ0n) is 15.6. The van der Waals surface area contributed by atoms with E-state index in [2.05, 4.69) is 0 Å². The summed E-state index contributed by atoms with van der Waals surface area (Å²) in [7, 11) is 0.